The Morgan fingerprint density at radius 1 is 0.972 bits per heavy atom. The molecule has 0 radical (unpaired) electrons. The van der Waals surface area contributed by atoms with Crippen LogP contribution in [0.5, 0.6) is 0 Å². The number of sulfonamides is 1. The van der Waals surface area contributed by atoms with E-state index >= 15 is 0 Å². The molecule has 0 aliphatic rings. The Labute approximate surface area is 205 Å². The van der Waals surface area contributed by atoms with Crippen molar-refractivity contribution in [2.45, 2.75) is 17.6 Å². The zero-order valence-corrected chi connectivity index (χ0v) is 19.7. The maximum atomic E-state index is 13.2. The number of fused-ring (bicyclic) bond motifs is 1. The zero-order chi connectivity index (χ0) is 25.9. The van der Waals surface area contributed by atoms with E-state index in [9.17, 15) is 26.4 Å². The molecule has 0 saturated carbocycles. The van der Waals surface area contributed by atoms with Crippen LogP contribution >= 0.6 is 0 Å². The van der Waals surface area contributed by atoms with Crippen LogP contribution in [0.4, 0.5) is 24.5 Å². The van der Waals surface area contributed by atoms with Crippen LogP contribution in [0.3, 0.4) is 0 Å². The van der Waals surface area contributed by atoms with Gasteiger partial charge in [0.1, 0.15) is 0 Å². The van der Waals surface area contributed by atoms with Gasteiger partial charge in [-0.1, -0.05) is 18.2 Å². The standard InChI is InChI=1S/C25H21F3N4O3S/c1-29-36(34,35)19-11-12-23(32-18-9-7-17(8-10-18)25(26,27)28)21(14-19)24(33)31-15-16-4-2-6-22-20(16)5-3-13-30-22/h2-14,29,32H,15H2,1H3,(H,31,33). The summed E-state index contributed by atoms with van der Waals surface area (Å²) in [6.07, 6.45) is -2.82. The van der Waals surface area contributed by atoms with E-state index in [1.54, 1.807) is 12.3 Å². The molecule has 0 unspecified atom stereocenters. The fraction of sp³-hybridized carbons (Fsp3) is 0.120. The number of nitrogens with zero attached hydrogens (tertiary/aromatic N) is 1. The second kappa shape index (κ2) is 9.96. The van der Waals surface area contributed by atoms with E-state index in [-0.39, 0.29) is 22.7 Å². The summed E-state index contributed by atoms with van der Waals surface area (Å²) in [5.74, 6) is -0.571. The summed E-state index contributed by atoms with van der Waals surface area (Å²) >= 11 is 0. The fourth-order valence-electron chi connectivity index (χ4n) is 3.60. The van der Waals surface area contributed by atoms with E-state index in [2.05, 4.69) is 20.3 Å². The number of alkyl halides is 3. The third-order valence-corrected chi connectivity index (χ3v) is 6.89. The number of aromatic nitrogens is 1. The summed E-state index contributed by atoms with van der Waals surface area (Å²) in [6, 6.07) is 17.3. The van der Waals surface area contributed by atoms with E-state index in [0.717, 1.165) is 28.6 Å². The Kier molecular flexibility index (Phi) is 6.95. The van der Waals surface area contributed by atoms with Crippen molar-refractivity contribution >= 4 is 38.2 Å². The first-order valence-corrected chi connectivity index (χ1v) is 12.2. The normalized spacial score (nSPS) is 11.9. The molecular formula is C25H21F3N4O3S. The minimum absolute atomic E-state index is 0.00424. The molecule has 4 rings (SSSR count). The molecule has 7 nitrogen and oxygen atoms in total. The summed E-state index contributed by atoms with van der Waals surface area (Å²) < 4.78 is 65.5. The van der Waals surface area contributed by atoms with Gasteiger partial charge in [-0.15, -0.1) is 0 Å². The lowest BCUT2D eigenvalue weighted by Crippen LogP contribution is -2.25. The van der Waals surface area contributed by atoms with Crippen molar-refractivity contribution in [1.29, 1.82) is 0 Å². The van der Waals surface area contributed by atoms with Crippen molar-refractivity contribution in [2.75, 3.05) is 12.4 Å². The van der Waals surface area contributed by atoms with Crippen molar-refractivity contribution in [1.82, 2.24) is 15.0 Å². The molecule has 0 bridgehead atoms. The van der Waals surface area contributed by atoms with Gasteiger partial charge in [0.05, 0.1) is 27.2 Å². The summed E-state index contributed by atoms with van der Waals surface area (Å²) in [5, 5.41) is 6.55. The number of hydrogen-bond acceptors (Lipinski definition) is 5. The number of pyridine rings is 1. The maximum absolute atomic E-state index is 13.2. The number of hydrogen-bond donors (Lipinski definition) is 3. The molecule has 0 aliphatic heterocycles. The number of rotatable bonds is 7. The molecule has 4 aromatic rings. The minimum atomic E-state index is -4.48. The van der Waals surface area contributed by atoms with Crippen molar-refractivity contribution in [3.8, 4) is 0 Å². The monoisotopic (exact) mass is 514 g/mol. The molecule has 3 N–H and O–H groups in total. The van der Waals surface area contributed by atoms with Crippen molar-refractivity contribution < 1.29 is 26.4 Å². The van der Waals surface area contributed by atoms with Gasteiger partial charge in [-0.3, -0.25) is 9.78 Å². The van der Waals surface area contributed by atoms with Gasteiger partial charge in [-0.05, 0) is 67.2 Å². The molecule has 0 atom stereocenters. The third-order valence-electron chi connectivity index (χ3n) is 5.48. The average molecular weight is 515 g/mol. The molecule has 1 aromatic heterocycles. The lowest BCUT2D eigenvalue weighted by molar-refractivity contribution is -0.137. The summed E-state index contributed by atoms with van der Waals surface area (Å²) in [7, 11) is -2.60. The Morgan fingerprint density at radius 3 is 2.42 bits per heavy atom. The Morgan fingerprint density at radius 2 is 1.72 bits per heavy atom. The highest BCUT2D eigenvalue weighted by Gasteiger charge is 2.30. The van der Waals surface area contributed by atoms with E-state index in [1.165, 1.54) is 37.4 Å². The van der Waals surface area contributed by atoms with E-state index in [0.29, 0.717) is 5.69 Å². The van der Waals surface area contributed by atoms with Crippen LogP contribution in [0.2, 0.25) is 0 Å². The molecular weight excluding hydrogens is 493 g/mol. The van der Waals surface area contributed by atoms with Crippen LogP contribution in [-0.4, -0.2) is 26.4 Å². The first kappa shape index (κ1) is 25.1. The fourth-order valence-corrected chi connectivity index (χ4v) is 4.35. The van der Waals surface area contributed by atoms with Crippen LogP contribution in [0.15, 0.2) is 83.9 Å². The number of nitrogens with one attached hydrogen (secondary N) is 3. The van der Waals surface area contributed by atoms with E-state index in [1.807, 2.05) is 24.3 Å². The SMILES string of the molecule is CNS(=O)(=O)c1ccc(Nc2ccc(C(F)(F)F)cc2)c(C(=O)NCc2cccc3ncccc23)c1. The summed E-state index contributed by atoms with van der Waals surface area (Å²) in [4.78, 5) is 17.3. The molecule has 0 saturated heterocycles. The number of halogens is 3. The largest absolute Gasteiger partial charge is 0.416 e. The van der Waals surface area contributed by atoms with Gasteiger partial charge in [0, 0.05) is 23.8 Å². The summed E-state index contributed by atoms with van der Waals surface area (Å²) in [5.41, 5.74) is 1.28. The second-order valence-corrected chi connectivity index (χ2v) is 9.67. The number of amides is 1. The van der Waals surface area contributed by atoms with Crippen LogP contribution in [0.1, 0.15) is 21.5 Å². The average Bonchev–Trinajstić information content (AvgIpc) is 2.87. The predicted molar refractivity (Wildman–Crippen MR) is 130 cm³/mol. The van der Waals surface area contributed by atoms with Crippen LogP contribution in [0.25, 0.3) is 10.9 Å². The summed E-state index contributed by atoms with van der Waals surface area (Å²) in [6.45, 7) is 0.143. The molecule has 1 heterocycles. The molecule has 0 spiro atoms. The topological polar surface area (TPSA) is 100 Å². The molecule has 1 amide bonds. The highest BCUT2D eigenvalue weighted by Crippen LogP contribution is 2.31. The van der Waals surface area contributed by atoms with E-state index < -0.39 is 27.7 Å². The van der Waals surface area contributed by atoms with Crippen LogP contribution in [-0.2, 0) is 22.7 Å². The quantitative estimate of drug-likeness (QED) is 0.328. The van der Waals surface area contributed by atoms with Crippen molar-refractivity contribution in [2.24, 2.45) is 0 Å². The first-order chi connectivity index (χ1) is 17.1. The molecule has 11 heteroatoms. The van der Waals surface area contributed by atoms with Crippen molar-refractivity contribution in [3.05, 3.63) is 95.7 Å². The smallest absolute Gasteiger partial charge is 0.355 e. The Hall–Kier alpha value is -3.96. The minimum Gasteiger partial charge on any atom is -0.355 e. The Bertz CT molecular complexity index is 1520. The van der Waals surface area contributed by atoms with Crippen molar-refractivity contribution in [3.63, 3.8) is 0 Å². The maximum Gasteiger partial charge on any atom is 0.416 e. The van der Waals surface area contributed by atoms with Gasteiger partial charge in [0.15, 0.2) is 0 Å². The second-order valence-electron chi connectivity index (χ2n) is 7.78. The molecule has 3 aromatic carbocycles. The van der Waals surface area contributed by atoms with Gasteiger partial charge in [0.25, 0.3) is 5.91 Å². The first-order valence-electron chi connectivity index (χ1n) is 10.7. The third kappa shape index (κ3) is 5.47. The van der Waals surface area contributed by atoms with Gasteiger partial charge in [-0.2, -0.15) is 13.2 Å². The number of carbonyl (C=O) groups excluding carboxylic acids is 1. The highest BCUT2D eigenvalue weighted by molar-refractivity contribution is 7.89. The Balaban J connectivity index is 1.64. The number of carbonyl (C=O) groups is 1. The lowest BCUT2D eigenvalue weighted by Gasteiger charge is -2.15. The van der Waals surface area contributed by atoms with Crippen LogP contribution in [0, 0.1) is 0 Å². The van der Waals surface area contributed by atoms with Gasteiger partial charge in [-0.25, -0.2) is 13.1 Å². The van der Waals surface area contributed by atoms with Gasteiger partial charge >= 0.3 is 6.18 Å². The molecule has 186 valence electrons. The number of benzene rings is 3. The predicted octanol–water partition coefficient (Wildman–Crippen LogP) is 4.84. The zero-order valence-electron chi connectivity index (χ0n) is 18.9. The highest BCUT2D eigenvalue weighted by atomic mass is 32.2. The van der Waals surface area contributed by atoms with Gasteiger partial charge < -0.3 is 10.6 Å². The molecule has 0 fully saturated rings. The lowest BCUT2D eigenvalue weighted by atomic mass is 10.1. The van der Waals surface area contributed by atoms with Crippen LogP contribution < -0.4 is 15.4 Å². The van der Waals surface area contributed by atoms with E-state index in [4.69, 9.17) is 0 Å². The number of anilines is 2. The molecule has 36 heavy (non-hydrogen) atoms. The molecule has 0 aliphatic carbocycles. The van der Waals surface area contributed by atoms with Gasteiger partial charge in [0.2, 0.25) is 10.0 Å².